The van der Waals surface area contributed by atoms with Crippen LogP contribution in [0.15, 0.2) is 18.2 Å². The molecule has 0 aromatic heterocycles. The van der Waals surface area contributed by atoms with Gasteiger partial charge in [0.25, 0.3) is 5.91 Å². The first-order chi connectivity index (χ1) is 13.5. The Labute approximate surface area is 164 Å². The second-order valence-corrected chi connectivity index (χ2v) is 7.84. The highest BCUT2D eigenvalue weighted by Gasteiger charge is 2.40. The molecule has 28 heavy (non-hydrogen) atoms. The highest BCUT2D eigenvalue weighted by molar-refractivity contribution is 6.05. The Morgan fingerprint density at radius 1 is 1.32 bits per heavy atom. The van der Waals surface area contributed by atoms with Gasteiger partial charge in [0.05, 0.1) is 12.1 Å². The third-order valence-corrected chi connectivity index (χ3v) is 5.96. The molecule has 3 aliphatic rings. The molecule has 0 saturated carbocycles. The lowest BCUT2D eigenvalue weighted by Gasteiger charge is -2.30. The molecule has 2 atom stereocenters. The first-order valence-electron chi connectivity index (χ1n) is 9.73. The maximum atomic E-state index is 13.1. The summed E-state index contributed by atoms with van der Waals surface area (Å²) in [5.74, 6) is -0.788. The van der Waals surface area contributed by atoms with Crippen LogP contribution in [0.25, 0.3) is 0 Å². The van der Waals surface area contributed by atoms with Crippen molar-refractivity contribution in [1.82, 2.24) is 20.9 Å². The molecule has 3 N–H and O–H groups in total. The van der Waals surface area contributed by atoms with Gasteiger partial charge in [-0.2, -0.15) is 0 Å². The van der Waals surface area contributed by atoms with E-state index in [0.717, 1.165) is 30.6 Å². The van der Waals surface area contributed by atoms with E-state index in [4.69, 9.17) is 4.74 Å². The lowest BCUT2D eigenvalue weighted by molar-refractivity contribution is -0.136. The van der Waals surface area contributed by atoms with Crippen molar-refractivity contribution in [2.24, 2.45) is 0 Å². The average molecular weight is 386 g/mol. The zero-order valence-electron chi connectivity index (χ0n) is 16.0. The van der Waals surface area contributed by atoms with Gasteiger partial charge in [-0.25, -0.2) is 0 Å². The summed E-state index contributed by atoms with van der Waals surface area (Å²) >= 11 is 0. The molecule has 8 nitrogen and oxygen atoms in total. The summed E-state index contributed by atoms with van der Waals surface area (Å²) in [6.07, 6.45) is 1.60. The van der Waals surface area contributed by atoms with Gasteiger partial charge in [0.1, 0.15) is 6.04 Å². The first kappa shape index (κ1) is 19.0. The summed E-state index contributed by atoms with van der Waals surface area (Å²) in [6.45, 7) is 3.32. The number of hydrogen-bond acceptors (Lipinski definition) is 6. The Hall–Kier alpha value is -2.29. The van der Waals surface area contributed by atoms with Gasteiger partial charge in [-0.3, -0.25) is 19.7 Å². The average Bonchev–Trinajstić information content (AvgIpc) is 3.26. The van der Waals surface area contributed by atoms with Gasteiger partial charge in [-0.15, -0.1) is 0 Å². The van der Waals surface area contributed by atoms with Crippen molar-refractivity contribution < 1.29 is 19.1 Å². The molecule has 0 radical (unpaired) electrons. The largest absolute Gasteiger partial charge is 0.383 e. The number of nitrogens with one attached hydrogen (secondary N) is 3. The van der Waals surface area contributed by atoms with Gasteiger partial charge in [-0.1, -0.05) is 18.2 Å². The van der Waals surface area contributed by atoms with E-state index >= 15 is 0 Å². The lowest BCUT2D eigenvalue weighted by atomic mass is 9.97. The molecule has 3 heterocycles. The van der Waals surface area contributed by atoms with E-state index in [-0.39, 0.29) is 29.7 Å². The van der Waals surface area contributed by atoms with E-state index in [0.29, 0.717) is 31.7 Å². The number of benzene rings is 1. The fraction of sp³-hybridized carbons (Fsp3) is 0.550. The molecule has 3 amide bonds. The van der Waals surface area contributed by atoms with Gasteiger partial charge in [0.15, 0.2) is 0 Å². The second kappa shape index (κ2) is 7.62. The quantitative estimate of drug-likeness (QED) is 0.591. The van der Waals surface area contributed by atoms with Crippen LogP contribution >= 0.6 is 0 Å². The molecule has 0 spiro atoms. The van der Waals surface area contributed by atoms with Crippen LogP contribution in [0.5, 0.6) is 0 Å². The molecular formula is C20H26N4O4. The summed E-state index contributed by atoms with van der Waals surface area (Å²) in [4.78, 5) is 38.4. The molecule has 4 rings (SSSR count). The van der Waals surface area contributed by atoms with E-state index in [2.05, 4.69) is 16.0 Å². The predicted molar refractivity (Wildman–Crippen MR) is 101 cm³/mol. The zero-order valence-corrected chi connectivity index (χ0v) is 16.0. The summed E-state index contributed by atoms with van der Waals surface area (Å²) in [5, 5.41) is 9.30. The zero-order chi connectivity index (χ0) is 19.7. The molecule has 1 aromatic rings. The fourth-order valence-electron chi connectivity index (χ4n) is 4.47. The van der Waals surface area contributed by atoms with Crippen molar-refractivity contribution in [2.45, 2.75) is 43.9 Å². The third kappa shape index (κ3) is 3.43. The molecule has 3 aliphatic heterocycles. The van der Waals surface area contributed by atoms with Crippen LogP contribution in [-0.2, 0) is 27.4 Å². The molecule has 0 aliphatic carbocycles. The SMILES string of the molecule is COCC1(NCc2cccc3c2C(=O)N(C2CCC(=O)NC2=O)C3)CCNC1. The Balaban J connectivity index is 1.52. The second-order valence-electron chi connectivity index (χ2n) is 7.84. The van der Waals surface area contributed by atoms with Crippen LogP contribution in [-0.4, -0.2) is 61.0 Å². The maximum Gasteiger partial charge on any atom is 0.255 e. The maximum absolute atomic E-state index is 13.1. The minimum Gasteiger partial charge on any atom is -0.383 e. The number of carbonyl (C=O) groups excluding carboxylic acids is 3. The number of amides is 3. The molecular weight excluding hydrogens is 360 g/mol. The normalized spacial score (nSPS) is 27.2. The van der Waals surface area contributed by atoms with E-state index in [1.165, 1.54) is 0 Å². The van der Waals surface area contributed by atoms with E-state index < -0.39 is 6.04 Å². The molecule has 1 aromatic carbocycles. The number of fused-ring (bicyclic) bond motifs is 1. The third-order valence-electron chi connectivity index (χ3n) is 5.96. The van der Waals surface area contributed by atoms with Gasteiger partial charge in [0.2, 0.25) is 11.8 Å². The van der Waals surface area contributed by atoms with Crippen LogP contribution in [0, 0.1) is 0 Å². The summed E-state index contributed by atoms with van der Waals surface area (Å²) in [7, 11) is 1.70. The van der Waals surface area contributed by atoms with E-state index in [1.54, 1.807) is 12.0 Å². The number of nitrogens with zero attached hydrogens (tertiary/aromatic N) is 1. The van der Waals surface area contributed by atoms with Crippen molar-refractivity contribution >= 4 is 17.7 Å². The highest BCUT2D eigenvalue weighted by Crippen LogP contribution is 2.30. The first-order valence-corrected chi connectivity index (χ1v) is 9.73. The topological polar surface area (TPSA) is 99.8 Å². The van der Waals surface area contributed by atoms with Crippen molar-refractivity contribution in [2.75, 3.05) is 26.8 Å². The Kier molecular flexibility index (Phi) is 5.18. The molecule has 150 valence electrons. The predicted octanol–water partition coefficient (Wildman–Crippen LogP) is -0.0843. The van der Waals surface area contributed by atoms with Crippen LogP contribution in [0.1, 0.15) is 40.7 Å². The summed E-state index contributed by atoms with van der Waals surface area (Å²) < 4.78 is 5.40. The van der Waals surface area contributed by atoms with Crippen molar-refractivity contribution in [3.05, 3.63) is 34.9 Å². The van der Waals surface area contributed by atoms with Crippen LogP contribution in [0.3, 0.4) is 0 Å². The summed E-state index contributed by atoms with van der Waals surface area (Å²) in [5.41, 5.74) is 2.40. The number of piperidine rings is 1. The van der Waals surface area contributed by atoms with Crippen molar-refractivity contribution in [1.29, 1.82) is 0 Å². The molecule has 0 bridgehead atoms. The number of imide groups is 1. The molecule has 2 unspecified atom stereocenters. The van der Waals surface area contributed by atoms with Crippen LogP contribution in [0.2, 0.25) is 0 Å². The van der Waals surface area contributed by atoms with Gasteiger partial charge >= 0.3 is 0 Å². The lowest BCUT2D eigenvalue weighted by Crippen LogP contribution is -2.52. The molecule has 8 heteroatoms. The number of hydrogen-bond donors (Lipinski definition) is 3. The van der Waals surface area contributed by atoms with Crippen LogP contribution in [0.4, 0.5) is 0 Å². The van der Waals surface area contributed by atoms with Crippen molar-refractivity contribution in [3.63, 3.8) is 0 Å². The number of rotatable bonds is 6. The smallest absolute Gasteiger partial charge is 0.255 e. The fourth-order valence-corrected chi connectivity index (χ4v) is 4.47. The number of carbonyl (C=O) groups is 3. The summed E-state index contributed by atoms with van der Waals surface area (Å²) in [6, 6.07) is 5.26. The van der Waals surface area contributed by atoms with Crippen LogP contribution < -0.4 is 16.0 Å². The minimum absolute atomic E-state index is 0.132. The molecule has 2 fully saturated rings. The van der Waals surface area contributed by atoms with Gasteiger partial charge < -0.3 is 20.3 Å². The standard InChI is InChI=1S/C20H26N4O4/c1-28-12-20(7-8-21-11-20)22-9-13-3-2-4-14-10-24(19(27)17(13)14)15-5-6-16(25)23-18(15)26/h2-4,15,21-22H,5-12H2,1H3,(H,23,25,26). The van der Waals surface area contributed by atoms with Gasteiger partial charge in [-0.05, 0) is 30.5 Å². The number of ether oxygens (including phenoxy) is 1. The Morgan fingerprint density at radius 3 is 2.89 bits per heavy atom. The Bertz CT molecular complexity index is 803. The van der Waals surface area contributed by atoms with E-state index in [9.17, 15) is 14.4 Å². The highest BCUT2D eigenvalue weighted by atomic mass is 16.5. The van der Waals surface area contributed by atoms with E-state index in [1.807, 2.05) is 18.2 Å². The molecule has 2 saturated heterocycles. The number of methoxy groups -OCH3 is 1. The van der Waals surface area contributed by atoms with Crippen molar-refractivity contribution in [3.8, 4) is 0 Å². The Morgan fingerprint density at radius 2 is 2.18 bits per heavy atom. The van der Waals surface area contributed by atoms with Gasteiger partial charge in [0, 0.05) is 38.7 Å². The minimum atomic E-state index is -0.586. The monoisotopic (exact) mass is 386 g/mol.